The van der Waals surface area contributed by atoms with Gasteiger partial charge in [0.1, 0.15) is 30.5 Å². The number of hydrogen-bond donors (Lipinski definition) is 1. The number of carbonyl (C=O) groups excluding carboxylic acids is 3. The molecule has 0 saturated carbocycles. The van der Waals surface area contributed by atoms with E-state index in [9.17, 15) is 19.5 Å². The molecule has 2 unspecified atom stereocenters. The van der Waals surface area contributed by atoms with Gasteiger partial charge in [-0.2, -0.15) is 0 Å². The third-order valence-corrected chi connectivity index (χ3v) is 10.7. The molecule has 0 radical (unpaired) electrons. The minimum Gasteiger partial charge on any atom is -0.491 e. The van der Waals surface area contributed by atoms with E-state index in [1.165, 1.54) is 12.7 Å². The zero-order chi connectivity index (χ0) is 36.2. The summed E-state index contributed by atoms with van der Waals surface area (Å²) in [6.45, 7) is 4.84. The van der Waals surface area contributed by atoms with Gasteiger partial charge in [-0.3, -0.25) is 9.59 Å². The highest BCUT2D eigenvalue weighted by molar-refractivity contribution is 7.99. The average molecular weight is 717 g/mol. The lowest BCUT2D eigenvalue weighted by molar-refractivity contribution is -0.132. The summed E-state index contributed by atoms with van der Waals surface area (Å²) in [7, 11) is 1.34. The Kier molecular flexibility index (Phi) is 14.2. The summed E-state index contributed by atoms with van der Waals surface area (Å²) in [4.78, 5) is 40.1. The predicted octanol–water partition coefficient (Wildman–Crippen LogP) is 5.97. The number of ketones is 1. The molecule has 2 atom stereocenters. The van der Waals surface area contributed by atoms with Crippen molar-refractivity contribution >= 4 is 29.4 Å². The summed E-state index contributed by atoms with van der Waals surface area (Å²) in [5.41, 5.74) is 5.61. The van der Waals surface area contributed by atoms with Crippen LogP contribution in [0.1, 0.15) is 94.9 Å². The molecule has 2 fully saturated rings. The molecule has 3 aromatic rings. The van der Waals surface area contributed by atoms with Gasteiger partial charge in [0, 0.05) is 48.4 Å². The van der Waals surface area contributed by atoms with Crippen molar-refractivity contribution in [1.29, 1.82) is 0 Å². The van der Waals surface area contributed by atoms with E-state index in [0.717, 1.165) is 53.8 Å². The number of thioether (sulfide) groups is 1. The second-order valence-electron chi connectivity index (χ2n) is 13.1. The van der Waals surface area contributed by atoms with E-state index in [2.05, 4.69) is 28.0 Å². The molecule has 1 aromatic heterocycles. The molecular formula is C40H48N2O8S. The maximum absolute atomic E-state index is 13.5. The number of nitrogens with zero attached hydrogens (tertiary/aromatic N) is 2. The number of aromatic nitrogens is 1. The van der Waals surface area contributed by atoms with Crippen LogP contribution < -0.4 is 4.74 Å². The first-order chi connectivity index (χ1) is 24.8. The van der Waals surface area contributed by atoms with Crippen molar-refractivity contribution in [2.24, 2.45) is 0 Å². The Bertz CT molecular complexity index is 1680. The summed E-state index contributed by atoms with van der Waals surface area (Å²) in [6.07, 6.45) is 5.86. The summed E-state index contributed by atoms with van der Waals surface area (Å²) in [5.74, 6) is 8.81. The Morgan fingerprint density at radius 1 is 1.02 bits per heavy atom. The monoisotopic (exact) mass is 716 g/mol. The fourth-order valence-corrected chi connectivity index (χ4v) is 8.34. The highest BCUT2D eigenvalue weighted by Crippen LogP contribution is 2.45. The fraction of sp³-hybridized carbons (Fsp3) is 0.500. The number of aryl methyl sites for hydroxylation is 3. The van der Waals surface area contributed by atoms with Crippen LogP contribution >= 0.6 is 11.8 Å². The molecule has 2 aromatic carbocycles. The Balaban J connectivity index is 1.09. The van der Waals surface area contributed by atoms with Gasteiger partial charge in [0.05, 0.1) is 30.7 Å². The van der Waals surface area contributed by atoms with E-state index < -0.39 is 5.97 Å². The van der Waals surface area contributed by atoms with E-state index >= 15 is 0 Å². The van der Waals surface area contributed by atoms with Crippen molar-refractivity contribution in [3.63, 3.8) is 0 Å². The molecule has 1 N–H and O–H groups in total. The molecule has 1 amide bonds. The average Bonchev–Trinajstić information content (AvgIpc) is 3.61. The van der Waals surface area contributed by atoms with E-state index in [1.54, 1.807) is 36.0 Å². The van der Waals surface area contributed by atoms with Crippen LogP contribution in [-0.2, 0) is 31.2 Å². The molecule has 0 spiro atoms. The largest absolute Gasteiger partial charge is 0.491 e. The lowest BCUT2D eigenvalue weighted by atomic mass is 9.79. The zero-order valence-electron chi connectivity index (χ0n) is 29.8. The summed E-state index contributed by atoms with van der Waals surface area (Å²) in [5, 5.41) is 13.5. The van der Waals surface area contributed by atoms with Gasteiger partial charge >= 0.3 is 5.97 Å². The number of ether oxygens (including phenoxy) is 3. The molecule has 2 aliphatic heterocycles. The van der Waals surface area contributed by atoms with Crippen molar-refractivity contribution in [2.45, 2.75) is 89.0 Å². The number of aliphatic hydroxyl groups excluding tert-OH is 1. The Morgan fingerprint density at radius 3 is 2.47 bits per heavy atom. The molecule has 2 saturated heterocycles. The Morgan fingerprint density at radius 2 is 1.78 bits per heavy atom. The SMILES string of the molecule is COC(=O)c1ccc(OCCOCCCC(=O)CCc2cccc(C#CCO)c2C2CC3CCC(C2)N3C(=O)CSCc2c(C)noc2C)cc1. The van der Waals surface area contributed by atoms with Gasteiger partial charge in [0.2, 0.25) is 5.91 Å². The molecule has 2 bridgehead atoms. The maximum Gasteiger partial charge on any atom is 0.337 e. The minimum atomic E-state index is -0.394. The highest BCUT2D eigenvalue weighted by Gasteiger charge is 2.44. The van der Waals surface area contributed by atoms with Gasteiger partial charge in [0.15, 0.2) is 0 Å². The van der Waals surface area contributed by atoms with Gasteiger partial charge in [-0.1, -0.05) is 29.1 Å². The number of benzene rings is 2. The van der Waals surface area contributed by atoms with Crippen LogP contribution in [0.25, 0.3) is 0 Å². The van der Waals surface area contributed by atoms with Crippen LogP contribution in [0.3, 0.4) is 0 Å². The van der Waals surface area contributed by atoms with Gasteiger partial charge in [-0.15, -0.1) is 11.8 Å². The number of hydrogen-bond acceptors (Lipinski definition) is 10. The summed E-state index contributed by atoms with van der Waals surface area (Å²) in [6, 6.07) is 13.2. The number of esters is 1. The molecule has 10 nitrogen and oxygen atoms in total. The third-order valence-electron chi connectivity index (χ3n) is 9.77. The molecular weight excluding hydrogens is 669 g/mol. The van der Waals surface area contributed by atoms with Gasteiger partial charge in [-0.25, -0.2) is 4.79 Å². The quantitative estimate of drug-likeness (QED) is 0.101. The summed E-state index contributed by atoms with van der Waals surface area (Å²) >= 11 is 1.61. The van der Waals surface area contributed by atoms with Crippen LogP contribution in [0.5, 0.6) is 5.75 Å². The van der Waals surface area contributed by atoms with Crippen LogP contribution in [0.4, 0.5) is 0 Å². The maximum atomic E-state index is 13.5. The van der Waals surface area contributed by atoms with Gasteiger partial charge in [-0.05, 0) is 99.7 Å². The lowest BCUT2D eigenvalue weighted by Crippen LogP contribution is -2.47. The van der Waals surface area contributed by atoms with E-state index in [-0.39, 0.29) is 36.3 Å². The molecule has 51 heavy (non-hydrogen) atoms. The standard InChI is InChI=1S/C40H48N2O8S/c1-27-37(28(2)50-41-27)25-51-26-38(45)42-33-14-15-34(42)24-32(23-33)39-29(9-5-19-43)7-4-8-30(39)11-16-35(44)10-6-20-48-21-22-49-36-17-12-31(13-18-36)40(46)47-3/h4,7-8,12-13,17-18,32-34,43H,6,10-11,14-16,19-26H2,1-3H3. The highest BCUT2D eigenvalue weighted by atomic mass is 32.2. The number of fused-ring (bicyclic) bond motifs is 2. The van der Waals surface area contributed by atoms with Crippen molar-refractivity contribution in [1.82, 2.24) is 10.1 Å². The second kappa shape index (κ2) is 18.9. The lowest BCUT2D eigenvalue weighted by Gasteiger charge is -2.40. The first-order valence-electron chi connectivity index (χ1n) is 17.7. The number of carbonyl (C=O) groups is 3. The molecule has 0 aliphatic carbocycles. The van der Waals surface area contributed by atoms with Crippen LogP contribution in [-0.4, -0.2) is 84.2 Å². The minimum absolute atomic E-state index is 0.187. The van der Waals surface area contributed by atoms with Crippen LogP contribution in [0, 0.1) is 25.7 Å². The number of aliphatic hydroxyl groups is 1. The first-order valence-corrected chi connectivity index (χ1v) is 18.9. The number of piperidine rings is 1. The number of methoxy groups -OCH3 is 1. The molecule has 272 valence electrons. The summed E-state index contributed by atoms with van der Waals surface area (Å²) < 4.78 is 21.3. The number of rotatable bonds is 17. The second-order valence-corrected chi connectivity index (χ2v) is 14.1. The van der Waals surface area contributed by atoms with E-state index in [1.807, 2.05) is 26.0 Å². The third kappa shape index (κ3) is 10.2. The van der Waals surface area contributed by atoms with Crippen molar-refractivity contribution in [3.8, 4) is 17.6 Å². The molecule has 2 aliphatic rings. The normalized spacial score (nSPS) is 17.9. The van der Waals surface area contributed by atoms with E-state index in [0.29, 0.717) is 68.3 Å². The molecule has 3 heterocycles. The zero-order valence-corrected chi connectivity index (χ0v) is 30.6. The topological polar surface area (TPSA) is 128 Å². The first kappa shape index (κ1) is 38.1. The fourth-order valence-electron chi connectivity index (χ4n) is 7.30. The predicted molar refractivity (Wildman–Crippen MR) is 195 cm³/mol. The van der Waals surface area contributed by atoms with Gasteiger partial charge < -0.3 is 28.7 Å². The van der Waals surface area contributed by atoms with Crippen molar-refractivity contribution in [2.75, 3.05) is 39.3 Å². The van der Waals surface area contributed by atoms with Crippen molar-refractivity contribution in [3.05, 3.63) is 81.7 Å². The van der Waals surface area contributed by atoms with Gasteiger partial charge in [0.25, 0.3) is 0 Å². The van der Waals surface area contributed by atoms with E-state index in [4.69, 9.17) is 18.7 Å². The number of amides is 1. The van der Waals surface area contributed by atoms with Crippen LogP contribution in [0.15, 0.2) is 47.0 Å². The Hall–Kier alpha value is -4.11. The van der Waals surface area contributed by atoms with Crippen molar-refractivity contribution < 1.29 is 38.2 Å². The molecule has 11 heteroatoms. The smallest absolute Gasteiger partial charge is 0.337 e. The van der Waals surface area contributed by atoms with Crippen LogP contribution in [0.2, 0.25) is 0 Å². The Labute approximate surface area is 304 Å². The number of Topliss-reactive ketones (excluding diaryl/α,β-unsaturated/α-hetero) is 1. The molecule has 5 rings (SSSR count).